The summed E-state index contributed by atoms with van der Waals surface area (Å²) in [4.78, 5) is 4.13. The second-order valence-corrected chi connectivity index (χ2v) is 4.40. The molecule has 0 N–H and O–H groups in total. The van der Waals surface area contributed by atoms with Gasteiger partial charge in [-0.1, -0.05) is 23.4 Å². The number of thiazole rings is 1. The molecular formula is C11H5ClN2S. The van der Waals surface area contributed by atoms with Crippen LogP contribution in [0, 0.1) is 23.2 Å². The van der Waals surface area contributed by atoms with Crippen LogP contribution >= 0.6 is 22.9 Å². The van der Waals surface area contributed by atoms with Crippen LogP contribution in [-0.2, 0) is 0 Å². The van der Waals surface area contributed by atoms with Gasteiger partial charge in [-0.25, -0.2) is 4.98 Å². The first-order valence-electron chi connectivity index (χ1n) is 4.21. The Kier molecular flexibility index (Phi) is 2.87. The Morgan fingerprint density at radius 1 is 1.47 bits per heavy atom. The van der Waals surface area contributed by atoms with Crippen molar-refractivity contribution < 1.29 is 0 Å². The zero-order valence-electron chi connectivity index (χ0n) is 7.62. The van der Waals surface area contributed by atoms with E-state index in [2.05, 4.69) is 16.8 Å². The van der Waals surface area contributed by atoms with Crippen LogP contribution in [0.5, 0.6) is 0 Å². The number of benzene rings is 1. The number of halogens is 1. The zero-order valence-corrected chi connectivity index (χ0v) is 9.19. The second kappa shape index (κ2) is 4.31. The van der Waals surface area contributed by atoms with E-state index in [0.29, 0.717) is 4.47 Å². The molecule has 15 heavy (non-hydrogen) atoms. The molecular weight excluding hydrogens is 228 g/mol. The number of hydrogen-bond donors (Lipinski definition) is 0. The monoisotopic (exact) mass is 232 g/mol. The highest BCUT2D eigenvalue weighted by atomic mass is 35.5. The first kappa shape index (κ1) is 9.98. The third-order valence-corrected chi connectivity index (χ3v) is 2.89. The van der Waals surface area contributed by atoms with Crippen molar-refractivity contribution in [2.45, 2.75) is 6.42 Å². The van der Waals surface area contributed by atoms with Crippen LogP contribution in [0.15, 0.2) is 18.2 Å². The molecule has 0 fully saturated rings. The van der Waals surface area contributed by atoms with Crippen molar-refractivity contribution in [3.05, 3.63) is 28.2 Å². The van der Waals surface area contributed by atoms with Gasteiger partial charge >= 0.3 is 0 Å². The summed E-state index contributed by atoms with van der Waals surface area (Å²) < 4.78 is 1.55. The maximum Gasteiger partial charge on any atom is 0.184 e. The van der Waals surface area contributed by atoms with E-state index >= 15 is 0 Å². The summed E-state index contributed by atoms with van der Waals surface area (Å²) in [6.07, 6.45) is 0.251. The lowest BCUT2D eigenvalue weighted by Crippen LogP contribution is -1.73. The van der Waals surface area contributed by atoms with E-state index in [0.717, 1.165) is 15.8 Å². The van der Waals surface area contributed by atoms with E-state index in [-0.39, 0.29) is 6.42 Å². The Labute approximate surface area is 96.1 Å². The molecule has 1 aromatic carbocycles. The highest BCUT2D eigenvalue weighted by Gasteiger charge is 2.00. The van der Waals surface area contributed by atoms with E-state index in [9.17, 15) is 0 Å². The number of aromatic nitrogens is 1. The molecule has 0 spiro atoms. The second-order valence-electron chi connectivity index (χ2n) is 2.79. The van der Waals surface area contributed by atoms with Gasteiger partial charge in [0.05, 0.1) is 22.7 Å². The predicted octanol–water partition coefficient (Wildman–Crippen LogP) is 3.21. The molecule has 72 valence electrons. The number of nitrogens with zero attached hydrogens (tertiary/aromatic N) is 2. The minimum atomic E-state index is 0.251. The molecule has 0 unspecified atom stereocenters. The summed E-state index contributed by atoms with van der Waals surface area (Å²) in [6.45, 7) is 0. The molecule has 2 nitrogen and oxygen atoms in total. The van der Waals surface area contributed by atoms with Crippen LogP contribution in [0.25, 0.3) is 10.2 Å². The number of nitriles is 1. The van der Waals surface area contributed by atoms with E-state index in [1.807, 2.05) is 24.3 Å². The van der Waals surface area contributed by atoms with Crippen molar-refractivity contribution in [2.24, 2.45) is 0 Å². The fraction of sp³-hybridized carbons (Fsp3) is 0.0909. The van der Waals surface area contributed by atoms with Crippen molar-refractivity contribution in [1.29, 1.82) is 5.26 Å². The lowest BCUT2D eigenvalue weighted by Gasteiger charge is -1.89. The van der Waals surface area contributed by atoms with Crippen LogP contribution < -0.4 is 0 Å². The zero-order chi connectivity index (χ0) is 10.7. The normalized spacial score (nSPS) is 9.33. The Bertz CT molecular complexity index is 598. The van der Waals surface area contributed by atoms with Gasteiger partial charge in [0.15, 0.2) is 4.47 Å². The molecule has 0 amide bonds. The Balaban J connectivity index is 2.40. The molecule has 1 aromatic heterocycles. The molecule has 0 aliphatic heterocycles. The molecule has 0 aliphatic carbocycles. The SMILES string of the molecule is N#CCC#Cc1ccc2nc(Cl)sc2c1. The highest BCUT2D eigenvalue weighted by molar-refractivity contribution is 7.22. The van der Waals surface area contributed by atoms with Crippen LogP contribution in [0.1, 0.15) is 12.0 Å². The fourth-order valence-electron chi connectivity index (χ4n) is 1.16. The largest absolute Gasteiger partial charge is 0.225 e. The third kappa shape index (κ3) is 2.27. The molecule has 0 saturated carbocycles. The van der Waals surface area contributed by atoms with E-state index in [4.69, 9.17) is 16.9 Å². The summed E-state index contributed by atoms with van der Waals surface area (Å²) in [5, 5.41) is 8.34. The molecule has 0 bridgehead atoms. The lowest BCUT2D eigenvalue weighted by atomic mass is 10.2. The van der Waals surface area contributed by atoms with Gasteiger partial charge in [-0.2, -0.15) is 5.26 Å². The average molecular weight is 233 g/mol. The minimum Gasteiger partial charge on any atom is -0.225 e. The fourth-order valence-corrected chi connectivity index (χ4v) is 2.23. The first-order chi connectivity index (χ1) is 7.29. The van der Waals surface area contributed by atoms with Gasteiger partial charge in [-0.05, 0) is 18.2 Å². The molecule has 4 heteroatoms. The molecule has 2 rings (SSSR count). The Morgan fingerprint density at radius 3 is 3.13 bits per heavy atom. The van der Waals surface area contributed by atoms with Crippen molar-refractivity contribution in [3.63, 3.8) is 0 Å². The third-order valence-electron chi connectivity index (χ3n) is 1.76. The summed E-state index contributed by atoms with van der Waals surface area (Å²) in [7, 11) is 0. The summed E-state index contributed by atoms with van der Waals surface area (Å²) in [5.74, 6) is 5.67. The smallest absolute Gasteiger partial charge is 0.184 e. The van der Waals surface area contributed by atoms with E-state index < -0.39 is 0 Å². The van der Waals surface area contributed by atoms with Crippen LogP contribution in [-0.4, -0.2) is 4.98 Å². The van der Waals surface area contributed by atoms with Crippen molar-refractivity contribution in [3.8, 4) is 17.9 Å². The first-order valence-corrected chi connectivity index (χ1v) is 5.41. The van der Waals surface area contributed by atoms with Gasteiger partial charge in [0.2, 0.25) is 0 Å². The number of rotatable bonds is 0. The predicted molar refractivity (Wildman–Crippen MR) is 61.7 cm³/mol. The highest BCUT2D eigenvalue weighted by Crippen LogP contribution is 2.26. The van der Waals surface area contributed by atoms with Gasteiger partial charge in [0.1, 0.15) is 0 Å². The minimum absolute atomic E-state index is 0.251. The van der Waals surface area contributed by atoms with E-state index in [1.54, 1.807) is 0 Å². The van der Waals surface area contributed by atoms with Crippen LogP contribution in [0.2, 0.25) is 4.47 Å². The van der Waals surface area contributed by atoms with Crippen LogP contribution in [0.3, 0.4) is 0 Å². The van der Waals surface area contributed by atoms with E-state index in [1.165, 1.54) is 11.3 Å². The van der Waals surface area contributed by atoms with Gasteiger partial charge in [-0.15, -0.1) is 11.3 Å². The molecule has 0 atom stereocenters. The quantitative estimate of drug-likeness (QED) is 0.654. The average Bonchev–Trinajstić information content (AvgIpc) is 2.57. The standard InChI is InChI=1S/C11H5ClN2S/c12-11-14-9-5-4-8(3-1-2-6-13)7-10(9)15-11/h4-5,7H,2H2. The lowest BCUT2D eigenvalue weighted by molar-refractivity contribution is 1.39. The summed E-state index contributed by atoms with van der Waals surface area (Å²) >= 11 is 7.22. The van der Waals surface area contributed by atoms with Gasteiger partial charge < -0.3 is 0 Å². The van der Waals surface area contributed by atoms with Crippen molar-refractivity contribution in [2.75, 3.05) is 0 Å². The van der Waals surface area contributed by atoms with Crippen molar-refractivity contribution >= 4 is 33.2 Å². The van der Waals surface area contributed by atoms with Gasteiger partial charge in [-0.3, -0.25) is 0 Å². The summed E-state index contributed by atoms with van der Waals surface area (Å²) in [5.41, 5.74) is 1.77. The molecule has 0 radical (unpaired) electrons. The topological polar surface area (TPSA) is 36.7 Å². The Morgan fingerprint density at radius 2 is 2.33 bits per heavy atom. The number of fused-ring (bicyclic) bond motifs is 1. The maximum atomic E-state index is 8.34. The Hall–Kier alpha value is -1.55. The van der Waals surface area contributed by atoms with Crippen molar-refractivity contribution in [1.82, 2.24) is 4.98 Å². The maximum absolute atomic E-state index is 8.34. The molecule has 0 aliphatic rings. The molecule has 1 heterocycles. The molecule has 0 saturated heterocycles. The summed E-state index contributed by atoms with van der Waals surface area (Å²) in [6, 6.07) is 7.67. The molecule has 2 aromatic rings. The van der Waals surface area contributed by atoms with Gasteiger partial charge in [0, 0.05) is 5.56 Å². The van der Waals surface area contributed by atoms with Crippen LogP contribution in [0.4, 0.5) is 0 Å². The van der Waals surface area contributed by atoms with Gasteiger partial charge in [0.25, 0.3) is 0 Å². The number of hydrogen-bond acceptors (Lipinski definition) is 3.